The fourth-order valence-electron chi connectivity index (χ4n) is 1.95. The second kappa shape index (κ2) is 4.96. The summed E-state index contributed by atoms with van der Waals surface area (Å²) in [5, 5.41) is 1.97. The van der Waals surface area contributed by atoms with Crippen LogP contribution in [0.1, 0.15) is 24.8 Å². The molecule has 1 saturated heterocycles. The molecule has 0 saturated carbocycles. The number of nitrogens with one attached hydrogen (secondary N) is 1. The van der Waals surface area contributed by atoms with Crippen molar-refractivity contribution in [3.8, 4) is 0 Å². The summed E-state index contributed by atoms with van der Waals surface area (Å²) in [4.78, 5) is 0. The first-order valence-corrected chi connectivity index (χ1v) is 5.74. The van der Waals surface area contributed by atoms with Crippen LogP contribution in [-0.2, 0) is 6.18 Å². The summed E-state index contributed by atoms with van der Waals surface area (Å²) in [6.07, 6.45) is -0.904. The van der Waals surface area contributed by atoms with Crippen LogP contribution in [0.3, 0.4) is 0 Å². The molecule has 0 bridgehead atoms. The molecule has 1 aliphatic heterocycles. The number of alkyl halides is 3. The first kappa shape index (κ1) is 12.2. The van der Waals surface area contributed by atoms with Gasteiger partial charge in [-0.3, -0.25) is 0 Å². The smallest absolute Gasteiger partial charge is 0.319 e. The molecule has 5 heteroatoms. The van der Waals surface area contributed by atoms with Gasteiger partial charge in [0.25, 0.3) is 0 Å². The minimum atomic E-state index is -4.28. The first-order valence-electron chi connectivity index (χ1n) is 5.74. The second-order valence-corrected chi connectivity index (χ2v) is 4.24. The van der Waals surface area contributed by atoms with Gasteiger partial charge in [-0.15, -0.1) is 0 Å². The topological polar surface area (TPSA) is 15.3 Å². The fraction of sp³-hybridized carbons (Fsp3) is 0.500. The van der Waals surface area contributed by atoms with E-state index in [-0.39, 0.29) is 0 Å². The number of benzene rings is 1. The molecule has 2 nitrogen and oxygen atoms in total. The van der Waals surface area contributed by atoms with Crippen molar-refractivity contribution in [2.75, 3.05) is 18.5 Å². The van der Waals surface area contributed by atoms with Crippen molar-refractivity contribution >= 4 is 5.69 Å². The molecule has 0 radical (unpaired) electrons. The largest absolute Gasteiger partial charge is 0.416 e. The van der Waals surface area contributed by atoms with Crippen LogP contribution in [0.15, 0.2) is 24.3 Å². The molecule has 1 heterocycles. The van der Waals surface area contributed by atoms with Crippen molar-refractivity contribution in [2.24, 2.45) is 0 Å². The molecule has 0 atom stereocenters. The third-order valence-corrected chi connectivity index (χ3v) is 2.83. The summed E-state index contributed by atoms with van der Waals surface area (Å²) < 4.78 is 37.5. The number of nitrogens with zero attached hydrogens (tertiary/aromatic N) is 1. The third-order valence-electron chi connectivity index (χ3n) is 2.83. The number of hydrogen-bond acceptors (Lipinski definition) is 2. The quantitative estimate of drug-likeness (QED) is 0.856. The predicted molar refractivity (Wildman–Crippen MR) is 60.5 cm³/mol. The second-order valence-electron chi connectivity index (χ2n) is 4.24. The molecule has 94 valence electrons. The van der Waals surface area contributed by atoms with Crippen LogP contribution >= 0.6 is 0 Å². The van der Waals surface area contributed by atoms with E-state index in [1.165, 1.54) is 12.5 Å². The van der Waals surface area contributed by atoms with Crippen LogP contribution in [0.2, 0.25) is 0 Å². The summed E-state index contributed by atoms with van der Waals surface area (Å²) in [6, 6.07) is 5.31. The third kappa shape index (κ3) is 3.36. The molecule has 1 aromatic carbocycles. The van der Waals surface area contributed by atoms with E-state index in [0.29, 0.717) is 5.69 Å². The SMILES string of the molecule is FC(F)(F)c1cccc(NN2CCCCC2)c1. The van der Waals surface area contributed by atoms with E-state index in [1.807, 2.05) is 5.01 Å². The molecule has 17 heavy (non-hydrogen) atoms. The van der Waals surface area contributed by atoms with Gasteiger partial charge in [0, 0.05) is 18.8 Å². The monoisotopic (exact) mass is 244 g/mol. The van der Waals surface area contributed by atoms with Gasteiger partial charge in [0.15, 0.2) is 0 Å². The van der Waals surface area contributed by atoms with E-state index in [0.717, 1.165) is 38.1 Å². The molecule has 1 aliphatic rings. The van der Waals surface area contributed by atoms with E-state index in [1.54, 1.807) is 6.07 Å². The van der Waals surface area contributed by atoms with Crippen LogP contribution < -0.4 is 5.43 Å². The van der Waals surface area contributed by atoms with Gasteiger partial charge in [-0.2, -0.15) is 13.2 Å². The zero-order valence-corrected chi connectivity index (χ0v) is 9.43. The standard InChI is InChI=1S/C12H15F3N2/c13-12(14,15)10-5-4-6-11(9-10)16-17-7-2-1-3-8-17/h4-6,9,16H,1-3,7-8H2. The highest BCUT2D eigenvalue weighted by atomic mass is 19.4. The van der Waals surface area contributed by atoms with Gasteiger partial charge in [-0.25, -0.2) is 5.01 Å². The van der Waals surface area contributed by atoms with Crippen molar-refractivity contribution in [3.05, 3.63) is 29.8 Å². The Morgan fingerprint density at radius 1 is 1.06 bits per heavy atom. The van der Waals surface area contributed by atoms with Crippen molar-refractivity contribution in [2.45, 2.75) is 25.4 Å². The number of piperidine rings is 1. The molecule has 0 aromatic heterocycles. The average molecular weight is 244 g/mol. The van der Waals surface area contributed by atoms with E-state index in [9.17, 15) is 13.2 Å². The van der Waals surface area contributed by atoms with Gasteiger partial charge >= 0.3 is 6.18 Å². The number of rotatable bonds is 2. The summed E-state index contributed by atoms with van der Waals surface area (Å²) in [5.41, 5.74) is 2.92. The molecule has 0 unspecified atom stereocenters. The normalized spacial score (nSPS) is 18.1. The summed E-state index contributed by atoms with van der Waals surface area (Å²) in [6.45, 7) is 1.77. The number of hydrazine groups is 1. The van der Waals surface area contributed by atoms with Crippen LogP contribution in [0, 0.1) is 0 Å². The lowest BCUT2D eigenvalue weighted by atomic mass is 10.1. The van der Waals surface area contributed by atoms with Gasteiger partial charge in [-0.1, -0.05) is 12.5 Å². The Morgan fingerprint density at radius 2 is 1.76 bits per heavy atom. The Kier molecular flexibility index (Phi) is 3.57. The minimum Gasteiger partial charge on any atom is -0.319 e. The fourth-order valence-corrected chi connectivity index (χ4v) is 1.95. The van der Waals surface area contributed by atoms with Crippen molar-refractivity contribution in [1.82, 2.24) is 5.01 Å². The lowest BCUT2D eigenvalue weighted by molar-refractivity contribution is -0.137. The van der Waals surface area contributed by atoms with Crippen LogP contribution in [0.25, 0.3) is 0 Å². The highest BCUT2D eigenvalue weighted by Crippen LogP contribution is 2.30. The predicted octanol–water partition coefficient (Wildman–Crippen LogP) is 3.52. The molecule has 1 fully saturated rings. The molecular weight excluding hydrogens is 229 g/mol. The van der Waals surface area contributed by atoms with E-state index in [4.69, 9.17) is 0 Å². The van der Waals surface area contributed by atoms with Crippen molar-refractivity contribution in [1.29, 1.82) is 0 Å². The Morgan fingerprint density at radius 3 is 2.41 bits per heavy atom. The van der Waals surface area contributed by atoms with E-state index in [2.05, 4.69) is 5.43 Å². The Balaban J connectivity index is 2.05. The highest BCUT2D eigenvalue weighted by Gasteiger charge is 2.30. The van der Waals surface area contributed by atoms with E-state index >= 15 is 0 Å². The maximum Gasteiger partial charge on any atom is 0.416 e. The number of hydrogen-bond donors (Lipinski definition) is 1. The van der Waals surface area contributed by atoms with Gasteiger partial charge in [-0.05, 0) is 31.0 Å². The lowest BCUT2D eigenvalue weighted by Gasteiger charge is -2.28. The number of anilines is 1. The Bertz CT molecular complexity index is 370. The number of halogens is 3. The lowest BCUT2D eigenvalue weighted by Crippen LogP contribution is -2.34. The zero-order valence-electron chi connectivity index (χ0n) is 9.43. The molecule has 1 aromatic rings. The van der Waals surface area contributed by atoms with Gasteiger partial charge in [0.2, 0.25) is 0 Å². The molecule has 0 amide bonds. The van der Waals surface area contributed by atoms with Crippen molar-refractivity contribution < 1.29 is 13.2 Å². The Labute approximate surface area is 98.4 Å². The van der Waals surface area contributed by atoms with Crippen LogP contribution in [0.4, 0.5) is 18.9 Å². The molecule has 1 N–H and O–H groups in total. The maximum atomic E-state index is 12.5. The summed E-state index contributed by atoms with van der Waals surface area (Å²) in [5.74, 6) is 0. The van der Waals surface area contributed by atoms with Crippen LogP contribution in [0.5, 0.6) is 0 Å². The summed E-state index contributed by atoms with van der Waals surface area (Å²) >= 11 is 0. The molecular formula is C12H15F3N2. The zero-order chi connectivity index (χ0) is 12.3. The van der Waals surface area contributed by atoms with Crippen molar-refractivity contribution in [3.63, 3.8) is 0 Å². The minimum absolute atomic E-state index is 0.502. The summed E-state index contributed by atoms with van der Waals surface area (Å²) in [7, 11) is 0. The van der Waals surface area contributed by atoms with Gasteiger partial charge < -0.3 is 5.43 Å². The molecule has 0 aliphatic carbocycles. The molecule has 2 rings (SSSR count). The van der Waals surface area contributed by atoms with Crippen LogP contribution in [-0.4, -0.2) is 18.1 Å². The Hall–Kier alpha value is -1.23. The van der Waals surface area contributed by atoms with Gasteiger partial charge in [0.05, 0.1) is 5.56 Å². The molecule has 0 spiro atoms. The average Bonchev–Trinajstić information content (AvgIpc) is 2.29. The van der Waals surface area contributed by atoms with E-state index < -0.39 is 11.7 Å². The first-order chi connectivity index (χ1) is 8.05. The van der Waals surface area contributed by atoms with Gasteiger partial charge in [0.1, 0.15) is 0 Å². The maximum absolute atomic E-state index is 12.5. The highest BCUT2D eigenvalue weighted by molar-refractivity contribution is 5.45.